The molecule has 0 bridgehead atoms. The predicted molar refractivity (Wildman–Crippen MR) is 93.9 cm³/mol. The highest BCUT2D eigenvalue weighted by Gasteiger charge is 2.33. The molecular weight excluding hydrogens is 383 g/mol. The summed E-state index contributed by atoms with van der Waals surface area (Å²) in [5, 5.41) is 3.43. The van der Waals surface area contributed by atoms with Crippen LogP contribution in [0.1, 0.15) is 43.2 Å². The molecule has 0 aliphatic rings. The highest BCUT2D eigenvalue weighted by Crippen LogP contribution is 2.27. The first-order valence-corrected chi connectivity index (χ1v) is 9.70. The van der Waals surface area contributed by atoms with Gasteiger partial charge >= 0.3 is 6.18 Å². The van der Waals surface area contributed by atoms with Gasteiger partial charge in [0.2, 0.25) is 10.0 Å². The number of nitrogens with one attached hydrogen (secondary N) is 1. The zero-order valence-corrected chi connectivity index (χ0v) is 15.9. The molecule has 0 aliphatic heterocycles. The molecule has 0 spiro atoms. The van der Waals surface area contributed by atoms with Crippen molar-refractivity contribution in [2.24, 2.45) is 5.41 Å². The van der Waals surface area contributed by atoms with Gasteiger partial charge in [0.25, 0.3) is 5.91 Å². The second-order valence-electron chi connectivity index (χ2n) is 7.25. The van der Waals surface area contributed by atoms with E-state index in [0.717, 1.165) is 16.9 Å². The summed E-state index contributed by atoms with van der Waals surface area (Å²) in [5.41, 5.74) is -0.855. The first-order chi connectivity index (χ1) is 12.3. The summed E-state index contributed by atoms with van der Waals surface area (Å²) in [7, 11) is -3.78. The van der Waals surface area contributed by atoms with Gasteiger partial charge in [-0.15, -0.1) is 0 Å². The fourth-order valence-corrected chi connectivity index (χ4v) is 3.46. The number of carbonyl (C=O) groups is 1. The van der Waals surface area contributed by atoms with Crippen molar-refractivity contribution < 1.29 is 26.4 Å². The lowest BCUT2D eigenvalue weighted by atomic mass is 9.94. The monoisotopic (exact) mass is 403 g/mol. The minimum atomic E-state index is -4.55. The fraction of sp³-hybridized carbons (Fsp3) is 0.412. The van der Waals surface area contributed by atoms with Gasteiger partial charge in [-0.05, 0) is 42.2 Å². The molecule has 1 amide bonds. The van der Waals surface area contributed by atoms with Crippen molar-refractivity contribution in [2.75, 3.05) is 5.75 Å². The fourth-order valence-electron chi connectivity index (χ4n) is 2.08. The summed E-state index contributed by atoms with van der Waals surface area (Å²) in [6, 6.07) is 6.23. The molecule has 0 radical (unpaired) electrons. The standard InChI is InChI=1S/C17H20F3N3O3S/c1-16(2,3)9-11-27(25,26)22-15(24)12-4-6-13(7-5-12)23-10-8-14(21-23)17(18,19)20/h4-8,10H,9,11H2,1-3H3,(H,22,24). The SMILES string of the molecule is CC(C)(C)CCS(=O)(=O)NC(=O)c1ccc(-n2ccc(C(F)(F)F)n2)cc1. The first kappa shape index (κ1) is 20.9. The van der Waals surface area contributed by atoms with E-state index in [9.17, 15) is 26.4 Å². The quantitative estimate of drug-likeness (QED) is 0.830. The van der Waals surface area contributed by atoms with Gasteiger partial charge in [0, 0.05) is 11.8 Å². The second kappa shape index (κ2) is 7.34. The van der Waals surface area contributed by atoms with E-state index >= 15 is 0 Å². The lowest BCUT2D eigenvalue weighted by molar-refractivity contribution is -0.141. The molecule has 0 saturated heterocycles. The molecule has 0 unspecified atom stereocenters. The van der Waals surface area contributed by atoms with E-state index in [2.05, 4.69) is 5.10 Å². The van der Waals surface area contributed by atoms with Crippen LogP contribution in [-0.4, -0.2) is 29.9 Å². The lowest BCUT2D eigenvalue weighted by Gasteiger charge is -2.17. The highest BCUT2D eigenvalue weighted by atomic mass is 32.2. The molecular formula is C17H20F3N3O3S. The maximum absolute atomic E-state index is 12.6. The van der Waals surface area contributed by atoms with Gasteiger partial charge in [0.15, 0.2) is 5.69 Å². The van der Waals surface area contributed by atoms with E-state index in [1.807, 2.05) is 25.5 Å². The molecule has 0 aliphatic carbocycles. The van der Waals surface area contributed by atoms with Crippen molar-refractivity contribution in [1.82, 2.24) is 14.5 Å². The minimum Gasteiger partial charge on any atom is -0.268 e. The van der Waals surface area contributed by atoms with E-state index in [0.29, 0.717) is 12.1 Å². The smallest absolute Gasteiger partial charge is 0.268 e. The second-order valence-corrected chi connectivity index (χ2v) is 9.09. The van der Waals surface area contributed by atoms with Gasteiger partial charge in [-0.25, -0.2) is 17.8 Å². The Kier molecular flexibility index (Phi) is 5.69. The summed E-state index contributed by atoms with van der Waals surface area (Å²) in [6.45, 7) is 5.67. The number of sulfonamides is 1. The zero-order chi connectivity index (χ0) is 20.5. The van der Waals surface area contributed by atoms with Crippen LogP contribution < -0.4 is 4.72 Å². The number of benzene rings is 1. The molecule has 2 aromatic rings. The van der Waals surface area contributed by atoms with Crippen molar-refractivity contribution >= 4 is 15.9 Å². The number of rotatable bonds is 5. The molecule has 0 atom stereocenters. The Morgan fingerprint density at radius 2 is 1.70 bits per heavy atom. The summed E-state index contributed by atoms with van der Waals surface area (Å²) < 4.78 is 64.8. The number of amides is 1. The number of hydrogen-bond donors (Lipinski definition) is 1. The average molecular weight is 403 g/mol. The molecule has 2 rings (SSSR count). The third kappa shape index (κ3) is 6.09. The van der Waals surface area contributed by atoms with Crippen LogP contribution >= 0.6 is 0 Å². The molecule has 1 N–H and O–H groups in total. The number of halogens is 3. The van der Waals surface area contributed by atoms with Crippen molar-refractivity contribution in [3.8, 4) is 5.69 Å². The van der Waals surface area contributed by atoms with Crippen LogP contribution in [0.5, 0.6) is 0 Å². The van der Waals surface area contributed by atoms with Crippen LogP contribution in [0.2, 0.25) is 0 Å². The molecule has 0 saturated carbocycles. The van der Waals surface area contributed by atoms with Gasteiger partial charge in [-0.2, -0.15) is 18.3 Å². The Balaban J connectivity index is 2.08. The molecule has 148 valence electrons. The minimum absolute atomic E-state index is 0.0706. The number of nitrogens with zero attached hydrogens (tertiary/aromatic N) is 2. The number of aromatic nitrogens is 2. The van der Waals surface area contributed by atoms with E-state index in [1.165, 1.54) is 24.3 Å². The van der Waals surface area contributed by atoms with Crippen LogP contribution in [0.25, 0.3) is 5.69 Å². The molecule has 10 heteroatoms. The number of alkyl halides is 3. The predicted octanol–water partition coefficient (Wildman–Crippen LogP) is 3.39. The molecule has 1 heterocycles. The van der Waals surface area contributed by atoms with Crippen LogP contribution in [0.15, 0.2) is 36.5 Å². The Bertz CT molecular complexity index is 911. The normalized spacial score (nSPS) is 12.8. The van der Waals surface area contributed by atoms with Crippen LogP contribution in [-0.2, 0) is 16.2 Å². The number of carbonyl (C=O) groups excluding carboxylic acids is 1. The summed E-state index contributed by atoms with van der Waals surface area (Å²) in [4.78, 5) is 12.1. The molecule has 27 heavy (non-hydrogen) atoms. The Morgan fingerprint density at radius 1 is 1.11 bits per heavy atom. The van der Waals surface area contributed by atoms with Gasteiger partial charge in [0.1, 0.15) is 0 Å². The average Bonchev–Trinajstić information content (AvgIpc) is 3.02. The van der Waals surface area contributed by atoms with Gasteiger partial charge in [0.05, 0.1) is 11.4 Å². The van der Waals surface area contributed by atoms with Gasteiger partial charge < -0.3 is 0 Å². The van der Waals surface area contributed by atoms with Crippen LogP contribution in [0.4, 0.5) is 13.2 Å². The zero-order valence-electron chi connectivity index (χ0n) is 15.0. The topological polar surface area (TPSA) is 81.1 Å². The molecule has 0 fully saturated rings. The van der Waals surface area contributed by atoms with Crippen molar-refractivity contribution in [2.45, 2.75) is 33.4 Å². The van der Waals surface area contributed by atoms with Crippen LogP contribution in [0, 0.1) is 5.41 Å². The summed E-state index contributed by atoms with van der Waals surface area (Å²) in [5.74, 6) is -0.986. The van der Waals surface area contributed by atoms with E-state index in [-0.39, 0.29) is 16.7 Å². The molecule has 1 aromatic carbocycles. The highest BCUT2D eigenvalue weighted by molar-refractivity contribution is 7.90. The largest absolute Gasteiger partial charge is 0.435 e. The Labute approximate surface area is 155 Å². The summed E-state index contributed by atoms with van der Waals surface area (Å²) >= 11 is 0. The molecule has 6 nitrogen and oxygen atoms in total. The van der Waals surface area contributed by atoms with Crippen LogP contribution in [0.3, 0.4) is 0 Å². The van der Waals surface area contributed by atoms with Crippen molar-refractivity contribution in [3.05, 3.63) is 47.8 Å². The van der Waals surface area contributed by atoms with Gasteiger partial charge in [-0.3, -0.25) is 4.79 Å². The first-order valence-electron chi connectivity index (χ1n) is 8.05. The Morgan fingerprint density at radius 3 is 2.19 bits per heavy atom. The third-order valence-corrected chi connectivity index (χ3v) is 4.88. The van der Waals surface area contributed by atoms with Crippen molar-refractivity contribution in [3.63, 3.8) is 0 Å². The van der Waals surface area contributed by atoms with Crippen molar-refractivity contribution in [1.29, 1.82) is 0 Å². The lowest BCUT2D eigenvalue weighted by Crippen LogP contribution is -2.33. The Hall–Kier alpha value is -2.36. The number of hydrogen-bond acceptors (Lipinski definition) is 4. The molecule has 1 aromatic heterocycles. The van der Waals surface area contributed by atoms with Gasteiger partial charge in [-0.1, -0.05) is 20.8 Å². The third-order valence-electron chi connectivity index (χ3n) is 3.64. The maximum Gasteiger partial charge on any atom is 0.435 e. The van der Waals surface area contributed by atoms with E-state index < -0.39 is 27.8 Å². The maximum atomic E-state index is 12.6. The van der Waals surface area contributed by atoms with E-state index in [4.69, 9.17) is 0 Å². The van der Waals surface area contributed by atoms with E-state index in [1.54, 1.807) is 0 Å². The summed E-state index contributed by atoms with van der Waals surface area (Å²) in [6.07, 6.45) is -3.02.